The number of anilines is 1. The topological polar surface area (TPSA) is 73.2 Å². The van der Waals surface area contributed by atoms with Crippen LogP contribution in [0.5, 0.6) is 5.75 Å². The minimum absolute atomic E-state index is 0.0697. The molecule has 0 atom stereocenters. The second-order valence-electron chi connectivity index (χ2n) is 6.99. The molecule has 0 fully saturated rings. The minimum atomic E-state index is -0.345. The van der Waals surface area contributed by atoms with E-state index in [4.69, 9.17) is 4.74 Å². The third kappa shape index (κ3) is 4.97. The summed E-state index contributed by atoms with van der Waals surface area (Å²) in [7, 11) is 1.58. The number of nitrogens with one attached hydrogen (secondary N) is 1. The molecule has 4 aromatic rings. The highest BCUT2D eigenvalue weighted by Gasteiger charge is 2.14. The number of rotatable bonds is 7. The van der Waals surface area contributed by atoms with Crippen molar-refractivity contribution in [2.24, 2.45) is 0 Å². The highest BCUT2D eigenvalue weighted by atomic mass is 32.2. The van der Waals surface area contributed by atoms with E-state index < -0.39 is 0 Å². The number of thioether (sulfide) groups is 1. The predicted octanol–water partition coefficient (Wildman–Crippen LogP) is 4.32. The molecule has 0 bridgehead atoms. The SMILES string of the molecule is COc1ccc(NC(=O)CSc2nc3ccccc3c(=O)n2Cc2ccc(F)cc2)cc1. The fourth-order valence-corrected chi connectivity index (χ4v) is 3.97. The van der Waals surface area contributed by atoms with Crippen LogP contribution < -0.4 is 15.6 Å². The van der Waals surface area contributed by atoms with Crippen molar-refractivity contribution in [1.82, 2.24) is 9.55 Å². The van der Waals surface area contributed by atoms with Gasteiger partial charge in [-0.15, -0.1) is 0 Å². The van der Waals surface area contributed by atoms with Gasteiger partial charge in [0, 0.05) is 5.69 Å². The average Bonchev–Trinajstić information content (AvgIpc) is 2.81. The Morgan fingerprint density at radius 2 is 1.78 bits per heavy atom. The Labute approximate surface area is 188 Å². The summed E-state index contributed by atoms with van der Waals surface area (Å²) in [5.41, 5.74) is 1.76. The van der Waals surface area contributed by atoms with Gasteiger partial charge in [0.05, 0.1) is 30.3 Å². The van der Waals surface area contributed by atoms with Gasteiger partial charge in [0.1, 0.15) is 11.6 Å². The Kier molecular flexibility index (Phi) is 6.51. The van der Waals surface area contributed by atoms with E-state index in [0.29, 0.717) is 27.5 Å². The van der Waals surface area contributed by atoms with Gasteiger partial charge in [-0.25, -0.2) is 9.37 Å². The van der Waals surface area contributed by atoms with Crippen LogP contribution >= 0.6 is 11.8 Å². The van der Waals surface area contributed by atoms with Crippen LogP contribution in [-0.2, 0) is 11.3 Å². The molecule has 1 aromatic heterocycles. The van der Waals surface area contributed by atoms with Gasteiger partial charge in [-0.2, -0.15) is 0 Å². The van der Waals surface area contributed by atoms with Crippen LogP contribution in [0, 0.1) is 5.82 Å². The maximum Gasteiger partial charge on any atom is 0.262 e. The Bertz CT molecular complexity index is 1310. The quantitative estimate of drug-likeness (QED) is 0.336. The van der Waals surface area contributed by atoms with Gasteiger partial charge < -0.3 is 10.1 Å². The molecule has 0 aliphatic rings. The summed E-state index contributed by atoms with van der Waals surface area (Å²) in [5, 5.41) is 3.73. The summed E-state index contributed by atoms with van der Waals surface area (Å²) in [6, 6.07) is 20.0. The summed E-state index contributed by atoms with van der Waals surface area (Å²) >= 11 is 1.17. The van der Waals surface area contributed by atoms with E-state index >= 15 is 0 Å². The molecule has 8 heteroatoms. The van der Waals surface area contributed by atoms with Crippen LogP contribution in [0.4, 0.5) is 10.1 Å². The molecule has 4 rings (SSSR count). The summed E-state index contributed by atoms with van der Waals surface area (Å²) in [6.07, 6.45) is 0. The zero-order valence-electron chi connectivity index (χ0n) is 17.2. The van der Waals surface area contributed by atoms with E-state index in [9.17, 15) is 14.0 Å². The largest absolute Gasteiger partial charge is 0.497 e. The van der Waals surface area contributed by atoms with Crippen molar-refractivity contribution >= 4 is 34.3 Å². The number of carbonyl (C=O) groups excluding carboxylic acids is 1. The Morgan fingerprint density at radius 1 is 1.06 bits per heavy atom. The highest BCUT2D eigenvalue weighted by molar-refractivity contribution is 7.99. The summed E-state index contributed by atoms with van der Waals surface area (Å²) in [4.78, 5) is 30.2. The number of hydrogen-bond acceptors (Lipinski definition) is 5. The van der Waals surface area contributed by atoms with Crippen molar-refractivity contribution in [2.45, 2.75) is 11.7 Å². The molecule has 3 aromatic carbocycles. The van der Waals surface area contributed by atoms with E-state index in [1.54, 1.807) is 61.7 Å². The zero-order chi connectivity index (χ0) is 22.5. The average molecular weight is 450 g/mol. The Morgan fingerprint density at radius 3 is 2.50 bits per heavy atom. The number of benzene rings is 3. The lowest BCUT2D eigenvalue weighted by Crippen LogP contribution is -2.25. The molecule has 0 saturated heterocycles. The number of hydrogen-bond donors (Lipinski definition) is 1. The van der Waals surface area contributed by atoms with Crippen LogP contribution in [0.3, 0.4) is 0 Å². The van der Waals surface area contributed by atoms with Crippen molar-refractivity contribution in [3.05, 3.63) is 94.5 Å². The molecule has 1 N–H and O–H groups in total. The molecule has 162 valence electrons. The smallest absolute Gasteiger partial charge is 0.262 e. The molecule has 0 aliphatic heterocycles. The number of methoxy groups -OCH3 is 1. The molecule has 1 amide bonds. The number of amides is 1. The lowest BCUT2D eigenvalue weighted by Gasteiger charge is -2.13. The monoisotopic (exact) mass is 449 g/mol. The van der Waals surface area contributed by atoms with Crippen molar-refractivity contribution in [3.8, 4) is 5.75 Å². The second-order valence-corrected chi connectivity index (χ2v) is 7.94. The Hall–Kier alpha value is -3.65. The van der Waals surface area contributed by atoms with Gasteiger partial charge >= 0.3 is 0 Å². The first-order chi connectivity index (χ1) is 15.5. The fraction of sp³-hybridized carbons (Fsp3) is 0.125. The maximum atomic E-state index is 13.3. The maximum absolute atomic E-state index is 13.3. The van der Waals surface area contributed by atoms with E-state index in [0.717, 1.165) is 5.56 Å². The van der Waals surface area contributed by atoms with Crippen molar-refractivity contribution in [1.29, 1.82) is 0 Å². The summed E-state index contributed by atoms with van der Waals surface area (Å²) in [6.45, 7) is 0.222. The van der Waals surface area contributed by atoms with Crippen molar-refractivity contribution in [3.63, 3.8) is 0 Å². The number of nitrogens with zero attached hydrogens (tertiary/aromatic N) is 2. The fourth-order valence-electron chi connectivity index (χ4n) is 3.17. The van der Waals surface area contributed by atoms with Crippen LogP contribution in [0.2, 0.25) is 0 Å². The molecule has 0 unspecified atom stereocenters. The van der Waals surface area contributed by atoms with Crippen LogP contribution in [0.15, 0.2) is 82.7 Å². The highest BCUT2D eigenvalue weighted by Crippen LogP contribution is 2.20. The number of ether oxygens (including phenoxy) is 1. The molecule has 6 nitrogen and oxygen atoms in total. The van der Waals surface area contributed by atoms with Gasteiger partial charge in [0.15, 0.2) is 5.16 Å². The number of halogens is 1. The zero-order valence-corrected chi connectivity index (χ0v) is 18.1. The third-order valence-electron chi connectivity index (χ3n) is 4.79. The number of fused-ring (bicyclic) bond motifs is 1. The first-order valence-corrected chi connectivity index (χ1v) is 10.8. The van der Waals surface area contributed by atoms with Crippen molar-refractivity contribution in [2.75, 3.05) is 18.2 Å². The molecule has 0 spiro atoms. The van der Waals surface area contributed by atoms with Crippen molar-refractivity contribution < 1.29 is 13.9 Å². The summed E-state index contributed by atoms with van der Waals surface area (Å²) < 4.78 is 19.9. The number of para-hydroxylation sites is 1. The van der Waals surface area contributed by atoms with Gasteiger partial charge in [-0.1, -0.05) is 36.0 Å². The molecule has 1 heterocycles. The van der Waals surface area contributed by atoms with E-state index in [2.05, 4.69) is 10.3 Å². The van der Waals surface area contributed by atoms with Crippen LogP contribution in [-0.4, -0.2) is 28.3 Å². The molecule has 0 aliphatic carbocycles. The van der Waals surface area contributed by atoms with Crippen LogP contribution in [0.1, 0.15) is 5.56 Å². The van der Waals surface area contributed by atoms with E-state index in [1.165, 1.54) is 28.5 Å². The van der Waals surface area contributed by atoms with Gasteiger partial charge in [0.25, 0.3) is 5.56 Å². The standard InChI is InChI=1S/C24H20FN3O3S/c1-31-19-12-10-18(11-13-19)26-22(29)15-32-24-27-21-5-3-2-4-20(21)23(30)28(24)14-16-6-8-17(25)9-7-16/h2-13H,14-15H2,1H3,(H,26,29). The molecule has 32 heavy (non-hydrogen) atoms. The summed E-state index contributed by atoms with van der Waals surface area (Å²) in [5.74, 6) is 0.196. The lowest BCUT2D eigenvalue weighted by molar-refractivity contribution is -0.113. The third-order valence-corrected chi connectivity index (χ3v) is 5.76. The minimum Gasteiger partial charge on any atom is -0.497 e. The number of aromatic nitrogens is 2. The first kappa shape index (κ1) is 21.6. The van der Waals surface area contributed by atoms with Crippen LogP contribution in [0.25, 0.3) is 10.9 Å². The van der Waals surface area contributed by atoms with E-state index in [1.807, 2.05) is 6.07 Å². The van der Waals surface area contributed by atoms with Gasteiger partial charge in [0.2, 0.25) is 5.91 Å². The van der Waals surface area contributed by atoms with Gasteiger partial charge in [-0.05, 0) is 54.1 Å². The lowest BCUT2D eigenvalue weighted by atomic mass is 10.2. The van der Waals surface area contributed by atoms with E-state index in [-0.39, 0.29) is 29.6 Å². The predicted molar refractivity (Wildman–Crippen MR) is 124 cm³/mol. The molecule has 0 saturated carbocycles. The molecular formula is C24H20FN3O3S. The van der Waals surface area contributed by atoms with Gasteiger partial charge in [-0.3, -0.25) is 14.2 Å². The normalized spacial score (nSPS) is 10.8. The molecular weight excluding hydrogens is 429 g/mol. The second kappa shape index (κ2) is 9.65. The number of carbonyl (C=O) groups is 1. The Balaban J connectivity index is 1.57. The first-order valence-electron chi connectivity index (χ1n) is 9.84. The molecule has 0 radical (unpaired) electrons.